The van der Waals surface area contributed by atoms with E-state index in [1.54, 1.807) is 30.5 Å². The highest BCUT2D eigenvalue weighted by Crippen LogP contribution is 2.49. The molecule has 1 heterocycles. The Kier molecular flexibility index (Phi) is 4.15. The zero-order valence-electron chi connectivity index (χ0n) is 12.6. The monoisotopic (exact) mass is 321 g/mol. The number of hydrogen-bond donors (Lipinski definition) is 1. The molecule has 1 N–H and O–H groups in total. The zero-order chi connectivity index (χ0) is 16.5. The van der Waals surface area contributed by atoms with Crippen LogP contribution in [0, 0.1) is 0 Å². The Labute approximate surface area is 133 Å². The average Bonchev–Trinajstić information content (AvgIpc) is 2.51. The molecule has 1 aliphatic rings. The van der Waals surface area contributed by atoms with Crippen LogP contribution in [0.15, 0.2) is 48.7 Å². The van der Waals surface area contributed by atoms with E-state index in [-0.39, 0.29) is 5.41 Å². The Morgan fingerprint density at radius 3 is 2.26 bits per heavy atom. The first kappa shape index (κ1) is 16.0. The van der Waals surface area contributed by atoms with Gasteiger partial charge < -0.3 is 5.11 Å². The average molecular weight is 321 g/mol. The molecule has 2 aromatic rings. The van der Waals surface area contributed by atoms with Gasteiger partial charge >= 0.3 is 6.18 Å². The first-order valence-electron chi connectivity index (χ1n) is 7.67. The summed E-state index contributed by atoms with van der Waals surface area (Å²) in [5.41, 5.74) is 0.583. The molecular formula is C18H18F3NO. The summed E-state index contributed by atoms with van der Waals surface area (Å²) >= 11 is 0. The standard InChI is InChI=1S/C18H18F3NO/c19-18(20,21)14-7-5-13(6-8-14)17(9-3-10-17)12-16(23)15-4-1-2-11-22-15/h1-2,4-8,11,16,23H,3,9-10,12H2. The van der Waals surface area contributed by atoms with Crippen molar-refractivity contribution in [1.82, 2.24) is 4.98 Å². The lowest BCUT2D eigenvalue weighted by Crippen LogP contribution is -2.36. The van der Waals surface area contributed by atoms with Gasteiger partial charge in [0.25, 0.3) is 0 Å². The van der Waals surface area contributed by atoms with E-state index in [4.69, 9.17) is 0 Å². The molecule has 0 radical (unpaired) electrons. The predicted octanol–water partition coefficient (Wildman–Crippen LogP) is 4.65. The number of pyridine rings is 1. The second-order valence-corrected chi connectivity index (χ2v) is 6.18. The topological polar surface area (TPSA) is 33.1 Å². The lowest BCUT2D eigenvalue weighted by atomic mass is 9.61. The summed E-state index contributed by atoms with van der Waals surface area (Å²) in [5.74, 6) is 0. The molecule has 1 unspecified atom stereocenters. The molecule has 0 saturated heterocycles. The van der Waals surface area contributed by atoms with Crippen LogP contribution in [-0.4, -0.2) is 10.1 Å². The van der Waals surface area contributed by atoms with Crippen LogP contribution in [0.4, 0.5) is 13.2 Å². The number of aliphatic hydroxyl groups excluding tert-OH is 1. The normalized spacial score (nSPS) is 18.3. The van der Waals surface area contributed by atoms with Crippen molar-refractivity contribution in [2.24, 2.45) is 0 Å². The number of hydrogen-bond acceptors (Lipinski definition) is 2. The van der Waals surface area contributed by atoms with Gasteiger partial charge in [0.1, 0.15) is 0 Å². The van der Waals surface area contributed by atoms with Gasteiger partial charge in [-0.2, -0.15) is 13.2 Å². The van der Waals surface area contributed by atoms with Crippen molar-refractivity contribution in [3.05, 3.63) is 65.5 Å². The maximum absolute atomic E-state index is 12.7. The highest BCUT2D eigenvalue weighted by Gasteiger charge is 2.41. The van der Waals surface area contributed by atoms with Crippen LogP contribution in [0.25, 0.3) is 0 Å². The fraction of sp³-hybridized carbons (Fsp3) is 0.389. The molecule has 0 spiro atoms. The molecule has 5 heteroatoms. The third-order valence-electron chi connectivity index (χ3n) is 4.75. The molecule has 0 aliphatic heterocycles. The van der Waals surface area contributed by atoms with Crippen LogP contribution < -0.4 is 0 Å². The van der Waals surface area contributed by atoms with Crippen molar-refractivity contribution in [2.45, 2.75) is 43.4 Å². The van der Waals surface area contributed by atoms with Crippen LogP contribution in [0.3, 0.4) is 0 Å². The molecule has 23 heavy (non-hydrogen) atoms. The van der Waals surface area contributed by atoms with Crippen molar-refractivity contribution in [1.29, 1.82) is 0 Å². The van der Waals surface area contributed by atoms with E-state index in [0.717, 1.165) is 37.0 Å². The van der Waals surface area contributed by atoms with Crippen molar-refractivity contribution < 1.29 is 18.3 Å². The van der Waals surface area contributed by atoms with Crippen molar-refractivity contribution in [3.8, 4) is 0 Å². The van der Waals surface area contributed by atoms with Gasteiger partial charge in [-0.05, 0) is 54.5 Å². The Hall–Kier alpha value is -1.88. The highest BCUT2D eigenvalue weighted by atomic mass is 19.4. The first-order chi connectivity index (χ1) is 10.9. The SMILES string of the molecule is OC(CC1(c2ccc(C(F)(F)F)cc2)CCC1)c1ccccn1. The minimum atomic E-state index is -4.32. The summed E-state index contributed by atoms with van der Waals surface area (Å²) in [6.07, 6.45) is -0.141. The lowest BCUT2D eigenvalue weighted by Gasteiger charge is -2.44. The lowest BCUT2D eigenvalue weighted by molar-refractivity contribution is -0.137. The quantitative estimate of drug-likeness (QED) is 0.889. The number of halogens is 3. The second kappa shape index (κ2) is 5.96. The van der Waals surface area contributed by atoms with Crippen LogP contribution in [0.1, 0.15) is 48.6 Å². The molecule has 0 amide bonds. The minimum absolute atomic E-state index is 0.249. The predicted molar refractivity (Wildman–Crippen MR) is 80.8 cm³/mol. The molecule has 1 aliphatic carbocycles. The van der Waals surface area contributed by atoms with Gasteiger partial charge in [-0.15, -0.1) is 0 Å². The summed E-state index contributed by atoms with van der Waals surface area (Å²) in [5, 5.41) is 10.4. The highest BCUT2D eigenvalue weighted by molar-refractivity contribution is 5.33. The van der Waals surface area contributed by atoms with Crippen molar-refractivity contribution >= 4 is 0 Å². The van der Waals surface area contributed by atoms with Gasteiger partial charge in [0, 0.05) is 6.20 Å². The van der Waals surface area contributed by atoms with E-state index in [1.165, 1.54) is 0 Å². The Morgan fingerprint density at radius 1 is 1.09 bits per heavy atom. The molecule has 1 aromatic carbocycles. The Morgan fingerprint density at radius 2 is 1.78 bits per heavy atom. The molecule has 122 valence electrons. The van der Waals surface area contributed by atoms with Crippen LogP contribution in [-0.2, 0) is 11.6 Å². The number of benzene rings is 1. The second-order valence-electron chi connectivity index (χ2n) is 6.18. The molecule has 3 rings (SSSR count). The van der Waals surface area contributed by atoms with E-state index in [0.29, 0.717) is 12.1 Å². The van der Waals surface area contributed by atoms with Gasteiger partial charge in [-0.3, -0.25) is 4.98 Å². The van der Waals surface area contributed by atoms with Gasteiger partial charge in [-0.25, -0.2) is 0 Å². The van der Waals surface area contributed by atoms with Gasteiger partial charge in [-0.1, -0.05) is 24.6 Å². The molecule has 1 aromatic heterocycles. The van der Waals surface area contributed by atoms with E-state index in [2.05, 4.69) is 4.98 Å². The molecule has 1 fully saturated rings. The summed E-state index contributed by atoms with van der Waals surface area (Å²) < 4.78 is 38.1. The van der Waals surface area contributed by atoms with E-state index in [1.807, 2.05) is 6.07 Å². The number of nitrogens with zero attached hydrogens (tertiary/aromatic N) is 1. The van der Waals surface area contributed by atoms with Gasteiger partial charge in [0.2, 0.25) is 0 Å². The molecule has 1 saturated carbocycles. The molecule has 1 atom stereocenters. The fourth-order valence-corrected chi connectivity index (χ4v) is 3.27. The first-order valence-corrected chi connectivity index (χ1v) is 7.67. The number of aromatic nitrogens is 1. The maximum Gasteiger partial charge on any atom is 0.416 e. The van der Waals surface area contributed by atoms with Gasteiger partial charge in [0.05, 0.1) is 17.4 Å². The van der Waals surface area contributed by atoms with E-state index in [9.17, 15) is 18.3 Å². The van der Waals surface area contributed by atoms with E-state index < -0.39 is 17.8 Å². The summed E-state index contributed by atoms with van der Waals surface area (Å²) in [6, 6.07) is 10.7. The molecular weight excluding hydrogens is 303 g/mol. The molecule has 2 nitrogen and oxygen atoms in total. The molecule has 0 bridgehead atoms. The summed E-state index contributed by atoms with van der Waals surface area (Å²) in [4.78, 5) is 4.16. The van der Waals surface area contributed by atoms with Crippen molar-refractivity contribution in [2.75, 3.05) is 0 Å². The third-order valence-corrected chi connectivity index (χ3v) is 4.75. The van der Waals surface area contributed by atoms with E-state index >= 15 is 0 Å². The maximum atomic E-state index is 12.7. The fourth-order valence-electron chi connectivity index (χ4n) is 3.27. The van der Waals surface area contributed by atoms with Crippen LogP contribution in [0.2, 0.25) is 0 Å². The largest absolute Gasteiger partial charge is 0.416 e. The Bertz CT molecular complexity index is 648. The summed E-state index contributed by atoms with van der Waals surface area (Å²) in [6.45, 7) is 0. The van der Waals surface area contributed by atoms with Crippen LogP contribution in [0.5, 0.6) is 0 Å². The van der Waals surface area contributed by atoms with Gasteiger partial charge in [0.15, 0.2) is 0 Å². The van der Waals surface area contributed by atoms with Crippen LogP contribution >= 0.6 is 0 Å². The Balaban J connectivity index is 1.81. The third kappa shape index (κ3) is 3.24. The smallest absolute Gasteiger partial charge is 0.387 e. The summed E-state index contributed by atoms with van der Waals surface area (Å²) in [7, 11) is 0. The minimum Gasteiger partial charge on any atom is -0.387 e. The van der Waals surface area contributed by atoms with Crippen molar-refractivity contribution in [3.63, 3.8) is 0 Å². The number of alkyl halides is 3. The number of aliphatic hydroxyl groups is 1. The number of rotatable bonds is 4. The zero-order valence-corrected chi connectivity index (χ0v) is 12.6.